The summed E-state index contributed by atoms with van der Waals surface area (Å²) in [6.45, 7) is 7.46. The van der Waals surface area contributed by atoms with Gasteiger partial charge in [-0.25, -0.2) is 9.97 Å². The zero-order valence-electron chi connectivity index (χ0n) is 14.2. The normalized spacial score (nSPS) is 15.0. The van der Waals surface area contributed by atoms with E-state index >= 15 is 0 Å². The van der Waals surface area contributed by atoms with Crippen LogP contribution in [-0.2, 0) is 0 Å². The van der Waals surface area contributed by atoms with Gasteiger partial charge in [0.1, 0.15) is 6.07 Å². The molecule has 0 atom stereocenters. The molecule has 0 bridgehead atoms. The molecule has 1 saturated heterocycles. The van der Waals surface area contributed by atoms with Crippen molar-refractivity contribution in [1.82, 2.24) is 14.9 Å². The number of aromatic nitrogens is 2. The van der Waals surface area contributed by atoms with Gasteiger partial charge in [-0.2, -0.15) is 5.26 Å². The maximum atomic E-state index is 9.10. The fourth-order valence-corrected chi connectivity index (χ4v) is 3.32. The van der Waals surface area contributed by atoms with Crippen LogP contribution in [0.3, 0.4) is 0 Å². The molecule has 1 aromatic heterocycles. The first-order valence-electron chi connectivity index (χ1n) is 8.46. The monoisotopic (exact) mass is 356 g/mol. The van der Waals surface area contributed by atoms with Crippen LogP contribution in [0.1, 0.15) is 19.0 Å². The molecule has 1 aliphatic rings. The standard InChI is InChI=1S/C18H21ClN6/c1-2-7-24-8-10-25(11-9-24)17-4-3-14(12-15(17)19)23-18-16(13-20)21-5-6-22-18/h3-6,12H,2,7-11H2,1H3,(H,22,23). The van der Waals surface area contributed by atoms with Gasteiger partial charge in [0, 0.05) is 44.3 Å². The number of rotatable bonds is 5. The smallest absolute Gasteiger partial charge is 0.183 e. The first-order valence-corrected chi connectivity index (χ1v) is 8.84. The van der Waals surface area contributed by atoms with Crippen molar-refractivity contribution in [3.63, 3.8) is 0 Å². The Morgan fingerprint density at radius 3 is 2.64 bits per heavy atom. The summed E-state index contributed by atoms with van der Waals surface area (Å²) in [7, 11) is 0. The summed E-state index contributed by atoms with van der Waals surface area (Å²) in [4.78, 5) is 13.0. The quantitative estimate of drug-likeness (QED) is 0.886. The number of benzene rings is 1. The van der Waals surface area contributed by atoms with Gasteiger partial charge in [-0.1, -0.05) is 18.5 Å². The molecule has 1 fully saturated rings. The van der Waals surface area contributed by atoms with Crippen molar-refractivity contribution >= 4 is 28.8 Å². The predicted molar refractivity (Wildman–Crippen MR) is 100 cm³/mol. The largest absolute Gasteiger partial charge is 0.368 e. The minimum atomic E-state index is 0.259. The topological polar surface area (TPSA) is 68.1 Å². The molecule has 0 radical (unpaired) electrons. The van der Waals surface area contributed by atoms with Gasteiger partial charge in [-0.15, -0.1) is 0 Å². The van der Waals surface area contributed by atoms with E-state index in [1.807, 2.05) is 24.3 Å². The summed E-state index contributed by atoms with van der Waals surface area (Å²) in [5.41, 5.74) is 2.09. The molecule has 0 amide bonds. The Hall–Kier alpha value is -2.36. The molecule has 1 aromatic carbocycles. The maximum absolute atomic E-state index is 9.10. The van der Waals surface area contributed by atoms with Crippen molar-refractivity contribution in [3.8, 4) is 6.07 Å². The van der Waals surface area contributed by atoms with Gasteiger partial charge in [-0.05, 0) is 31.2 Å². The van der Waals surface area contributed by atoms with Crippen molar-refractivity contribution in [3.05, 3.63) is 41.3 Å². The van der Waals surface area contributed by atoms with Gasteiger partial charge in [0.05, 0.1) is 10.7 Å². The van der Waals surface area contributed by atoms with Crippen LogP contribution >= 0.6 is 11.6 Å². The average Bonchev–Trinajstić information content (AvgIpc) is 2.63. The Morgan fingerprint density at radius 1 is 1.20 bits per heavy atom. The fourth-order valence-electron chi connectivity index (χ4n) is 3.02. The number of piperazine rings is 1. The zero-order chi connectivity index (χ0) is 17.6. The molecule has 0 aliphatic carbocycles. The highest BCUT2D eigenvalue weighted by atomic mass is 35.5. The molecule has 0 unspecified atom stereocenters. The first-order chi connectivity index (χ1) is 12.2. The van der Waals surface area contributed by atoms with Gasteiger partial charge < -0.3 is 10.2 Å². The molecule has 3 rings (SSSR count). The van der Waals surface area contributed by atoms with Gasteiger partial charge >= 0.3 is 0 Å². The molecular weight excluding hydrogens is 336 g/mol. The van der Waals surface area contributed by atoms with Gasteiger partial charge in [0.2, 0.25) is 0 Å². The summed E-state index contributed by atoms with van der Waals surface area (Å²) in [6, 6.07) is 7.86. The number of nitriles is 1. The highest BCUT2D eigenvalue weighted by Gasteiger charge is 2.18. The Kier molecular flexibility index (Phi) is 5.69. The van der Waals surface area contributed by atoms with Gasteiger partial charge in [0.15, 0.2) is 11.5 Å². The Labute approximate surface area is 153 Å². The van der Waals surface area contributed by atoms with Crippen LogP contribution in [0.5, 0.6) is 0 Å². The van der Waals surface area contributed by atoms with Crippen molar-refractivity contribution in [2.75, 3.05) is 42.9 Å². The SMILES string of the molecule is CCCN1CCN(c2ccc(Nc3nccnc3C#N)cc2Cl)CC1. The minimum absolute atomic E-state index is 0.259. The first kappa shape index (κ1) is 17.5. The van der Waals surface area contributed by atoms with E-state index in [4.69, 9.17) is 16.9 Å². The number of hydrogen-bond acceptors (Lipinski definition) is 6. The molecule has 130 valence electrons. The zero-order valence-corrected chi connectivity index (χ0v) is 15.0. The lowest BCUT2D eigenvalue weighted by atomic mass is 10.2. The van der Waals surface area contributed by atoms with Crippen molar-refractivity contribution in [2.45, 2.75) is 13.3 Å². The van der Waals surface area contributed by atoms with Crippen molar-refractivity contribution in [2.24, 2.45) is 0 Å². The maximum Gasteiger partial charge on any atom is 0.183 e. The summed E-state index contributed by atoms with van der Waals surface area (Å²) >= 11 is 6.50. The van der Waals surface area contributed by atoms with E-state index in [0.717, 1.165) is 44.1 Å². The summed E-state index contributed by atoms with van der Waals surface area (Å²) in [5, 5.41) is 12.9. The third-order valence-corrected chi connectivity index (χ3v) is 4.57. The summed E-state index contributed by atoms with van der Waals surface area (Å²) < 4.78 is 0. The summed E-state index contributed by atoms with van der Waals surface area (Å²) in [6.07, 6.45) is 4.24. The lowest BCUT2D eigenvalue weighted by Crippen LogP contribution is -2.46. The second kappa shape index (κ2) is 8.15. The van der Waals surface area contributed by atoms with Gasteiger partial charge in [-0.3, -0.25) is 4.90 Å². The second-order valence-electron chi connectivity index (χ2n) is 5.99. The number of halogens is 1. The molecule has 7 heteroatoms. The Balaban J connectivity index is 1.70. The Bertz CT molecular complexity index is 764. The average molecular weight is 357 g/mol. The molecule has 2 aromatic rings. The highest BCUT2D eigenvalue weighted by molar-refractivity contribution is 6.33. The molecule has 6 nitrogen and oxygen atoms in total. The predicted octanol–water partition coefficient (Wildman–Crippen LogP) is 3.28. The van der Waals surface area contributed by atoms with Crippen LogP contribution in [0.4, 0.5) is 17.2 Å². The molecule has 0 spiro atoms. The van der Waals surface area contributed by atoms with E-state index in [2.05, 4.69) is 32.0 Å². The third kappa shape index (κ3) is 4.19. The van der Waals surface area contributed by atoms with Crippen LogP contribution in [-0.4, -0.2) is 47.6 Å². The lowest BCUT2D eigenvalue weighted by molar-refractivity contribution is 0.258. The van der Waals surface area contributed by atoms with E-state index in [1.54, 1.807) is 6.20 Å². The number of anilines is 3. The van der Waals surface area contributed by atoms with Crippen LogP contribution in [0.2, 0.25) is 5.02 Å². The number of hydrogen-bond donors (Lipinski definition) is 1. The van der Waals surface area contributed by atoms with E-state index in [1.165, 1.54) is 12.6 Å². The van der Waals surface area contributed by atoms with Crippen LogP contribution in [0, 0.1) is 11.3 Å². The van der Waals surface area contributed by atoms with Crippen LogP contribution in [0.15, 0.2) is 30.6 Å². The van der Waals surface area contributed by atoms with E-state index in [9.17, 15) is 0 Å². The van der Waals surface area contributed by atoms with E-state index in [-0.39, 0.29) is 5.69 Å². The lowest BCUT2D eigenvalue weighted by Gasteiger charge is -2.36. The van der Waals surface area contributed by atoms with Crippen molar-refractivity contribution in [1.29, 1.82) is 5.26 Å². The van der Waals surface area contributed by atoms with Gasteiger partial charge in [0.25, 0.3) is 0 Å². The third-order valence-electron chi connectivity index (χ3n) is 4.27. The van der Waals surface area contributed by atoms with E-state index < -0.39 is 0 Å². The molecule has 1 N–H and O–H groups in total. The number of nitrogens with one attached hydrogen (secondary N) is 1. The molecule has 0 saturated carbocycles. The minimum Gasteiger partial charge on any atom is -0.368 e. The molecule has 2 heterocycles. The number of nitrogens with zero attached hydrogens (tertiary/aromatic N) is 5. The molecular formula is C18H21ClN6. The molecule has 1 aliphatic heterocycles. The fraction of sp³-hybridized carbons (Fsp3) is 0.389. The second-order valence-corrected chi connectivity index (χ2v) is 6.39. The summed E-state index contributed by atoms with van der Waals surface area (Å²) in [5.74, 6) is 0.432. The Morgan fingerprint density at radius 2 is 1.96 bits per heavy atom. The van der Waals surface area contributed by atoms with E-state index in [0.29, 0.717) is 10.8 Å². The van der Waals surface area contributed by atoms with Crippen LogP contribution < -0.4 is 10.2 Å². The van der Waals surface area contributed by atoms with Crippen LogP contribution in [0.25, 0.3) is 0 Å². The highest BCUT2D eigenvalue weighted by Crippen LogP contribution is 2.30. The van der Waals surface area contributed by atoms with Crippen molar-refractivity contribution < 1.29 is 0 Å². The molecule has 25 heavy (non-hydrogen) atoms.